The van der Waals surface area contributed by atoms with Crippen molar-refractivity contribution in [2.24, 2.45) is 0 Å². The predicted molar refractivity (Wildman–Crippen MR) is 81.7 cm³/mol. The molecule has 0 aromatic carbocycles. The standard InChI is InChI=1S/C13H19BrN2O3S/c1-9(2)16-8-10(14)6-12(16)13(17)15-7-11-4-3-5-20(11,18)19/h6,8-9,11H,3-5,7H2,1-2H3,(H,15,17). The Bertz CT molecular complexity index is 607. The van der Waals surface area contributed by atoms with Crippen LogP contribution in [0.5, 0.6) is 0 Å². The van der Waals surface area contributed by atoms with Crippen LogP contribution < -0.4 is 5.32 Å². The van der Waals surface area contributed by atoms with Crippen molar-refractivity contribution in [2.75, 3.05) is 12.3 Å². The fourth-order valence-corrected chi connectivity index (χ4v) is 4.64. The molecule has 2 heterocycles. The van der Waals surface area contributed by atoms with E-state index in [0.717, 1.165) is 4.47 Å². The summed E-state index contributed by atoms with van der Waals surface area (Å²) in [7, 11) is -3.02. The highest BCUT2D eigenvalue weighted by Crippen LogP contribution is 2.21. The van der Waals surface area contributed by atoms with Crippen LogP contribution in [0.3, 0.4) is 0 Å². The molecule has 1 N–H and O–H groups in total. The molecule has 5 nitrogen and oxygen atoms in total. The van der Waals surface area contributed by atoms with E-state index < -0.39 is 15.1 Å². The van der Waals surface area contributed by atoms with Crippen LogP contribution in [0.25, 0.3) is 0 Å². The number of nitrogens with one attached hydrogen (secondary N) is 1. The van der Waals surface area contributed by atoms with Gasteiger partial charge in [0.1, 0.15) is 5.69 Å². The predicted octanol–water partition coefficient (Wildman–Crippen LogP) is 2.14. The van der Waals surface area contributed by atoms with Gasteiger partial charge in [0.05, 0.1) is 11.0 Å². The molecule has 0 radical (unpaired) electrons. The van der Waals surface area contributed by atoms with E-state index in [-0.39, 0.29) is 24.2 Å². The second kappa shape index (κ2) is 5.89. The lowest BCUT2D eigenvalue weighted by Crippen LogP contribution is -2.35. The van der Waals surface area contributed by atoms with Gasteiger partial charge in [-0.05, 0) is 48.7 Å². The van der Waals surface area contributed by atoms with Crippen LogP contribution in [0.15, 0.2) is 16.7 Å². The largest absolute Gasteiger partial charge is 0.349 e. The fraction of sp³-hybridized carbons (Fsp3) is 0.615. The van der Waals surface area contributed by atoms with E-state index in [0.29, 0.717) is 18.5 Å². The minimum absolute atomic E-state index is 0.164. The summed E-state index contributed by atoms with van der Waals surface area (Å²) >= 11 is 3.36. The number of amides is 1. The van der Waals surface area contributed by atoms with E-state index in [9.17, 15) is 13.2 Å². The lowest BCUT2D eigenvalue weighted by atomic mass is 10.2. The van der Waals surface area contributed by atoms with Crippen molar-refractivity contribution in [1.82, 2.24) is 9.88 Å². The van der Waals surface area contributed by atoms with E-state index in [1.54, 1.807) is 6.07 Å². The molecule has 1 fully saturated rings. The number of rotatable bonds is 4. The Balaban J connectivity index is 2.06. The average Bonchev–Trinajstić information content (AvgIpc) is 2.89. The summed E-state index contributed by atoms with van der Waals surface area (Å²) in [6.07, 6.45) is 3.18. The van der Waals surface area contributed by atoms with Crippen LogP contribution in [0.4, 0.5) is 0 Å². The van der Waals surface area contributed by atoms with Crippen molar-refractivity contribution in [2.45, 2.75) is 38.0 Å². The first-order chi connectivity index (χ1) is 9.31. The summed E-state index contributed by atoms with van der Waals surface area (Å²) in [4.78, 5) is 12.2. The molecular formula is C13H19BrN2O3S. The van der Waals surface area contributed by atoms with Crippen LogP contribution in [-0.4, -0.2) is 36.4 Å². The minimum atomic E-state index is -3.02. The highest BCUT2D eigenvalue weighted by Gasteiger charge is 2.31. The molecule has 1 aliphatic rings. The normalized spacial score (nSPS) is 21.3. The Morgan fingerprint density at radius 2 is 2.25 bits per heavy atom. The quantitative estimate of drug-likeness (QED) is 0.891. The van der Waals surface area contributed by atoms with Gasteiger partial charge in [-0.2, -0.15) is 0 Å². The Morgan fingerprint density at radius 1 is 1.55 bits per heavy atom. The summed E-state index contributed by atoms with van der Waals surface area (Å²) in [5.41, 5.74) is 0.544. The number of hydrogen-bond acceptors (Lipinski definition) is 3. The smallest absolute Gasteiger partial charge is 0.267 e. The molecule has 1 amide bonds. The van der Waals surface area contributed by atoms with Gasteiger partial charge in [-0.3, -0.25) is 4.79 Å². The van der Waals surface area contributed by atoms with Crippen molar-refractivity contribution in [1.29, 1.82) is 0 Å². The van der Waals surface area contributed by atoms with E-state index in [1.807, 2.05) is 24.6 Å². The molecule has 1 aromatic heterocycles. The highest BCUT2D eigenvalue weighted by atomic mass is 79.9. The Morgan fingerprint density at radius 3 is 2.80 bits per heavy atom. The van der Waals surface area contributed by atoms with Crippen LogP contribution in [0.2, 0.25) is 0 Å². The minimum Gasteiger partial charge on any atom is -0.349 e. The molecule has 1 aliphatic heterocycles. The van der Waals surface area contributed by atoms with Crippen LogP contribution >= 0.6 is 15.9 Å². The number of carbonyl (C=O) groups excluding carboxylic acids is 1. The maximum absolute atomic E-state index is 12.2. The number of carbonyl (C=O) groups is 1. The topological polar surface area (TPSA) is 68.2 Å². The third-order valence-electron chi connectivity index (χ3n) is 3.56. The van der Waals surface area contributed by atoms with Gasteiger partial charge in [0.2, 0.25) is 0 Å². The van der Waals surface area contributed by atoms with Gasteiger partial charge in [0.25, 0.3) is 5.91 Å². The Labute approximate surface area is 127 Å². The van der Waals surface area contributed by atoms with Gasteiger partial charge in [-0.1, -0.05) is 0 Å². The number of aromatic nitrogens is 1. The summed E-state index contributed by atoms with van der Waals surface area (Å²) < 4.78 is 26.2. The van der Waals surface area contributed by atoms with Crippen molar-refractivity contribution in [3.8, 4) is 0 Å². The Hall–Kier alpha value is -0.820. The SMILES string of the molecule is CC(C)n1cc(Br)cc1C(=O)NCC1CCCS1(=O)=O. The van der Waals surface area contributed by atoms with E-state index in [1.165, 1.54) is 0 Å². The molecular weight excluding hydrogens is 344 g/mol. The molecule has 112 valence electrons. The number of halogens is 1. The van der Waals surface area contributed by atoms with Gasteiger partial charge in [0.15, 0.2) is 9.84 Å². The fourth-order valence-electron chi connectivity index (χ4n) is 2.44. The first-order valence-electron chi connectivity index (χ1n) is 6.68. The molecule has 20 heavy (non-hydrogen) atoms. The van der Waals surface area contributed by atoms with Gasteiger partial charge in [-0.15, -0.1) is 0 Å². The molecule has 7 heteroatoms. The molecule has 0 bridgehead atoms. The lowest BCUT2D eigenvalue weighted by molar-refractivity contribution is 0.0943. The van der Waals surface area contributed by atoms with Gasteiger partial charge < -0.3 is 9.88 Å². The van der Waals surface area contributed by atoms with Gasteiger partial charge >= 0.3 is 0 Å². The van der Waals surface area contributed by atoms with Crippen molar-refractivity contribution >= 4 is 31.7 Å². The third kappa shape index (κ3) is 3.25. The van der Waals surface area contributed by atoms with E-state index in [2.05, 4.69) is 21.2 Å². The zero-order chi connectivity index (χ0) is 14.9. The molecule has 0 aliphatic carbocycles. The van der Waals surface area contributed by atoms with Gasteiger partial charge in [-0.25, -0.2) is 8.42 Å². The zero-order valence-corrected chi connectivity index (χ0v) is 14.0. The first-order valence-corrected chi connectivity index (χ1v) is 9.19. The summed E-state index contributed by atoms with van der Waals surface area (Å²) in [5, 5.41) is 2.31. The van der Waals surface area contributed by atoms with E-state index >= 15 is 0 Å². The molecule has 2 rings (SSSR count). The molecule has 0 saturated carbocycles. The average molecular weight is 363 g/mol. The van der Waals surface area contributed by atoms with Crippen molar-refractivity contribution in [3.05, 3.63) is 22.4 Å². The lowest BCUT2D eigenvalue weighted by Gasteiger charge is -2.14. The molecule has 1 aromatic rings. The van der Waals surface area contributed by atoms with Crippen molar-refractivity contribution in [3.63, 3.8) is 0 Å². The van der Waals surface area contributed by atoms with Crippen LogP contribution in [0, 0.1) is 0 Å². The summed E-state index contributed by atoms with van der Waals surface area (Å²) in [6.45, 7) is 4.18. The maximum atomic E-state index is 12.2. The van der Waals surface area contributed by atoms with Gasteiger partial charge in [0, 0.05) is 23.3 Å². The molecule has 1 unspecified atom stereocenters. The second-order valence-electron chi connectivity index (χ2n) is 5.39. The number of nitrogens with zero attached hydrogens (tertiary/aromatic N) is 1. The molecule has 1 saturated heterocycles. The summed E-state index contributed by atoms with van der Waals surface area (Å²) in [5.74, 6) is 0.00746. The second-order valence-corrected chi connectivity index (χ2v) is 8.70. The monoisotopic (exact) mass is 362 g/mol. The Kier molecular flexibility index (Phi) is 4.59. The highest BCUT2D eigenvalue weighted by molar-refractivity contribution is 9.10. The number of hydrogen-bond donors (Lipinski definition) is 1. The maximum Gasteiger partial charge on any atom is 0.267 e. The van der Waals surface area contributed by atoms with E-state index in [4.69, 9.17) is 0 Å². The van der Waals surface area contributed by atoms with Crippen LogP contribution in [0.1, 0.15) is 43.2 Å². The third-order valence-corrected chi connectivity index (χ3v) is 6.27. The molecule has 1 atom stereocenters. The summed E-state index contributed by atoms with van der Waals surface area (Å²) in [6, 6.07) is 1.91. The van der Waals surface area contributed by atoms with Crippen molar-refractivity contribution < 1.29 is 13.2 Å². The van der Waals surface area contributed by atoms with Crippen LogP contribution in [-0.2, 0) is 9.84 Å². The first kappa shape index (κ1) is 15.6. The molecule has 0 spiro atoms. The number of sulfone groups is 1. The zero-order valence-electron chi connectivity index (χ0n) is 11.6.